The number of hydrogen-bond acceptors (Lipinski definition) is 4. The number of amides is 1. The van der Waals surface area contributed by atoms with E-state index < -0.39 is 0 Å². The highest BCUT2D eigenvalue weighted by atomic mass is 32.1. The fraction of sp³-hybridized carbons (Fsp3) is 0.182. The largest absolute Gasteiger partial charge is 0.367 e. The number of thiophene rings is 1. The first-order chi connectivity index (χ1) is 13.2. The maximum absolute atomic E-state index is 11.8. The summed E-state index contributed by atoms with van der Waals surface area (Å²) in [4.78, 5) is 15.2. The van der Waals surface area contributed by atoms with Crippen LogP contribution in [-0.2, 0) is 17.8 Å². The van der Waals surface area contributed by atoms with E-state index in [1.54, 1.807) is 17.6 Å². The van der Waals surface area contributed by atoms with Crippen LogP contribution in [0.15, 0.2) is 77.2 Å². The molecular weight excluding hydrogens is 354 g/mol. The molecule has 4 nitrogen and oxygen atoms in total. The van der Waals surface area contributed by atoms with Gasteiger partial charge in [-0.3, -0.25) is 4.79 Å². The van der Waals surface area contributed by atoms with E-state index >= 15 is 0 Å². The molecule has 1 N–H and O–H groups in total. The normalized spacial score (nSPS) is 10.9. The molecule has 27 heavy (non-hydrogen) atoms. The third kappa shape index (κ3) is 5.79. The van der Waals surface area contributed by atoms with Crippen molar-refractivity contribution in [3.63, 3.8) is 0 Å². The number of nitrogens with zero attached hydrogens (tertiary/aromatic N) is 2. The van der Waals surface area contributed by atoms with Crippen molar-refractivity contribution in [1.82, 2.24) is 5.43 Å². The van der Waals surface area contributed by atoms with Gasteiger partial charge in [0.25, 0.3) is 0 Å². The number of rotatable bonds is 8. The van der Waals surface area contributed by atoms with E-state index in [-0.39, 0.29) is 5.91 Å². The highest BCUT2D eigenvalue weighted by Gasteiger charge is 2.05. The molecule has 0 aliphatic rings. The third-order valence-corrected chi connectivity index (χ3v) is 5.05. The monoisotopic (exact) mass is 377 g/mol. The van der Waals surface area contributed by atoms with Crippen LogP contribution >= 0.6 is 11.3 Å². The Balaban J connectivity index is 1.55. The molecule has 0 fully saturated rings. The topological polar surface area (TPSA) is 44.7 Å². The summed E-state index contributed by atoms with van der Waals surface area (Å²) in [5.41, 5.74) is 5.98. The maximum Gasteiger partial charge on any atom is 0.245 e. The number of hydrogen-bond donors (Lipinski definition) is 1. The fourth-order valence-electron chi connectivity index (χ4n) is 2.75. The van der Waals surface area contributed by atoms with Crippen molar-refractivity contribution in [2.75, 3.05) is 11.4 Å². The minimum Gasteiger partial charge on any atom is -0.367 e. The van der Waals surface area contributed by atoms with Crippen molar-refractivity contribution in [2.24, 2.45) is 5.10 Å². The van der Waals surface area contributed by atoms with E-state index in [2.05, 4.69) is 58.7 Å². The zero-order valence-corrected chi connectivity index (χ0v) is 16.2. The lowest BCUT2D eigenvalue weighted by Gasteiger charge is -2.23. The number of anilines is 1. The Morgan fingerprint density at radius 2 is 1.85 bits per heavy atom. The highest BCUT2D eigenvalue weighted by molar-refractivity contribution is 7.10. The lowest BCUT2D eigenvalue weighted by Crippen LogP contribution is -2.21. The second-order valence-corrected chi connectivity index (χ2v) is 7.17. The van der Waals surface area contributed by atoms with Crippen LogP contribution < -0.4 is 10.3 Å². The van der Waals surface area contributed by atoms with Crippen LogP contribution in [0.2, 0.25) is 0 Å². The van der Waals surface area contributed by atoms with Crippen LogP contribution in [0.1, 0.15) is 22.9 Å². The number of hydrazone groups is 1. The molecule has 138 valence electrons. The molecule has 0 aliphatic carbocycles. The van der Waals surface area contributed by atoms with Gasteiger partial charge in [0.05, 0.1) is 12.6 Å². The summed E-state index contributed by atoms with van der Waals surface area (Å²) in [6.07, 6.45) is 2.03. The summed E-state index contributed by atoms with van der Waals surface area (Å²) in [6.45, 7) is 3.96. The molecule has 1 heterocycles. The molecule has 0 spiro atoms. The predicted octanol–water partition coefficient (Wildman–Crippen LogP) is 4.47. The highest BCUT2D eigenvalue weighted by Crippen LogP contribution is 2.17. The Kier molecular flexibility index (Phi) is 6.77. The van der Waals surface area contributed by atoms with E-state index in [4.69, 9.17) is 0 Å². The first-order valence-corrected chi connectivity index (χ1v) is 9.86. The second kappa shape index (κ2) is 9.69. The summed E-state index contributed by atoms with van der Waals surface area (Å²) >= 11 is 1.57. The van der Waals surface area contributed by atoms with Crippen molar-refractivity contribution in [1.29, 1.82) is 0 Å². The first-order valence-electron chi connectivity index (χ1n) is 8.98. The zero-order valence-electron chi connectivity index (χ0n) is 15.3. The molecule has 2 aromatic carbocycles. The van der Waals surface area contributed by atoms with Crippen LogP contribution in [-0.4, -0.2) is 18.7 Å². The van der Waals surface area contributed by atoms with E-state index in [9.17, 15) is 4.79 Å². The number of nitrogens with one attached hydrogen (secondary N) is 1. The van der Waals surface area contributed by atoms with Crippen molar-refractivity contribution in [2.45, 2.75) is 19.9 Å². The number of benzene rings is 2. The number of carbonyl (C=O) groups is 1. The summed E-state index contributed by atoms with van der Waals surface area (Å²) in [5.74, 6) is -0.106. The molecule has 0 bridgehead atoms. The van der Waals surface area contributed by atoms with E-state index in [1.165, 1.54) is 11.3 Å². The van der Waals surface area contributed by atoms with E-state index in [1.807, 2.05) is 35.7 Å². The Morgan fingerprint density at radius 3 is 2.52 bits per heavy atom. The second-order valence-electron chi connectivity index (χ2n) is 6.14. The first kappa shape index (κ1) is 18.9. The van der Waals surface area contributed by atoms with Crippen molar-refractivity contribution in [3.8, 4) is 0 Å². The molecule has 0 radical (unpaired) electrons. The van der Waals surface area contributed by atoms with Gasteiger partial charge in [-0.15, -0.1) is 11.3 Å². The van der Waals surface area contributed by atoms with Gasteiger partial charge in [0.15, 0.2) is 0 Å². The Labute approximate surface area is 164 Å². The lowest BCUT2D eigenvalue weighted by atomic mass is 10.1. The zero-order chi connectivity index (χ0) is 18.9. The molecule has 5 heteroatoms. The maximum atomic E-state index is 11.8. The van der Waals surface area contributed by atoms with Crippen LogP contribution in [0.5, 0.6) is 0 Å². The van der Waals surface area contributed by atoms with Gasteiger partial charge in [-0.1, -0.05) is 48.5 Å². The minimum absolute atomic E-state index is 0.106. The molecule has 3 aromatic rings. The molecule has 0 aliphatic heterocycles. The third-order valence-electron chi connectivity index (χ3n) is 4.17. The average molecular weight is 378 g/mol. The van der Waals surface area contributed by atoms with Gasteiger partial charge in [-0.05, 0) is 41.6 Å². The molecule has 1 aromatic heterocycles. The summed E-state index contributed by atoms with van der Waals surface area (Å²) in [5, 5.41) is 6.01. The van der Waals surface area contributed by atoms with Gasteiger partial charge in [0.1, 0.15) is 0 Å². The van der Waals surface area contributed by atoms with Crippen molar-refractivity contribution >= 4 is 29.1 Å². The summed E-state index contributed by atoms with van der Waals surface area (Å²) < 4.78 is 0. The van der Waals surface area contributed by atoms with E-state index in [0.29, 0.717) is 6.42 Å². The van der Waals surface area contributed by atoms with Gasteiger partial charge in [-0.2, -0.15) is 5.10 Å². The fourth-order valence-corrected chi connectivity index (χ4v) is 3.45. The quantitative estimate of drug-likeness (QED) is 0.465. The Hall–Kier alpha value is -2.92. The van der Waals surface area contributed by atoms with Gasteiger partial charge in [-0.25, -0.2) is 5.43 Å². The SMILES string of the molecule is CCN(Cc1ccccc1)c1ccc(/C=N\NC(=O)Cc2cccs2)cc1. The molecular formula is C22H23N3OS. The van der Waals surface area contributed by atoms with Crippen LogP contribution in [0.3, 0.4) is 0 Å². The smallest absolute Gasteiger partial charge is 0.245 e. The molecule has 0 saturated heterocycles. The van der Waals surface area contributed by atoms with E-state index in [0.717, 1.165) is 23.5 Å². The summed E-state index contributed by atoms with van der Waals surface area (Å²) in [6, 6.07) is 22.5. The van der Waals surface area contributed by atoms with Crippen LogP contribution in [0.25, 0.3) is 0 Å². The van der Waals surface area contributed by atoms with Crippen molar-refractivity contribution < 1.29 is 4.79 Å². The predicted molar refractivity (Wildman–Crippen MR) is 113 cm³/mol. The molecule has 1 amide bonds. The van der Waals surface area contributed by atoms with Crippen LogP contribution in [0.4, 0.5) is 5.69 Å². The molecule has 0 saturated carbocycles. The Bertz CT molecular complexity index is 858. The molecule has 0 unspecified atom stereocenters. The standard InChI is InChI=1S/C22H23N3OS/c1-2-25(17-19-7-4-3-5-8-19)20-12-10-18(11-13-20)16-23-24-22(26)15-21-9-6-14-27-21/h3-14,16H,2,15,17H2,1H3,(H,24,26)/b23-16-. The minimum atomic E-state index is -0.106. The van der Waals surface area contributed by atoms with Crippen LogP contribution in [0, 0.1) is 0 Å². The number of carbonyl (C=O) groups excluding carboxylic acids is 1. The van der Waals surface area contributed by atoms with Gasteiger partial charge < -0.3 is 4.90 Å². The average Bonchev–Trinajstić information content (AvgIpc) is 3.20. The van der Waals surface area contributed by atoms with Gasteiger partial charge in [0, 0.05) is 23.7 Å². The molecule has 0 atom stereocenters. The Morgan fingerprint density at radius 1 is 1.07 bits per heavy atom. The van der Waals surface area contributed by atoms with Crippen molar-refractivity contribution in [3.05, 3.63) is 88.1 Å². The van der Waals surface area contributed by atoms with Gasteiger partial charge in [0.2, 0.25) is 5.91 Å². The summed E-state index contributed by atoms with van der Waals surface area (Å²) in [7, 11) is 0. The van der Waals surface area contributed by atoms with Gasteiger partial charge >= 0.3 is 0 Å². The molecule has 3 rings (SSSR count). The lowest BCUT2D eigenvalue weighted by molar-refractivity contribution is -0.120.